The maximum atomic E-state index is 7.24. The van der Waals surface area contributed by atoms with E-state index >= 15 is 0 Å². The zero-order valence-corrected chi connectivity index (χ0v) is 7.20. The van der Waals surface area contributed by atoms with Crippen LogP contribution in [0.5, 0.6) is 0 Å². The van der Waals surface area contributed by atoms with Crippen molar-refractivity contribution in [3.8, 4) is 0 Å². The number of hydrogen-bond donors (Lipinski definition) is 2. The zero-order chi connectivity index (χ0) is 8.36. The van der Waals surface area contributed by atoms with E-state index in [0.717, 1.165) is 0 Å². The fourth-order valence-electron chi connectivity index (χ4n) is 0.401. The Kier molecular flexibility index (Phi) is 3.12. The van der Waals surface area contributed by atoms with Gasteiger partial charge in [-0.25, -0.2) is 0 Å². The molecule has 0 amide bonds. The van der Waals surface area contributed by atoms with Crippen LogP contribution in [0.2, 0.25) is 0 Å². The Morgan fingerprint density at radius 3 is 2.30 bits per heavy atom. The molecule has 0 radical (unpaired) electrons. The smallest absolute Gasteiger partial charge is 0.202 e. The van der Waals surface area contributed by atoms with Crippen molar-refractivity contribution in [1.29, 1.82) is 5.41 Å². The van der Waals surface area contributed by atoms with Gasteiger partial charge in [0.05, 0.1) is 12.5 Å². The molecule has 3 N–H and O–H groups in total. The van der Waals surface area contributed by atoms with E-state index in [4.69, 9.17) is 22.7 Å². The van der Waals surface area contributed by atoms with Gasteiger partial charge in [-0.1, -0.05) is 0 Å². The van der Waals surface area contributed by atoms with Crippen molar-refractivity contribution >= 4 is 17.5 Å². The van der Waals surface area contributed by atoms with E-state index in [1.165, 1.54) is 7.11 Å². The molecular formula is C6H13ClN2O. The highest BCUT2D eigenvalue weighted by molar-refractivity contribution is 6.23. The molecule has 0 aliphatic rings. The average molecular weight is 165 g/mol. The first-order chi connectivity index (χ1) is 4.42. The molecule has 0 spiro atoms. The van der Waals surface area contributed by atoms with Crippen molar-refractivity contribution < 1.29 is 4.74 Å². The van der Waals surface area contributed by atoms with Crippen molar-refractivity contribution in [3.63, 3.8) is 0 Å². The lowest BCUT2D eigenvalue weighted by Gasteiger charge is -2.26. The molecule has 0 aliphatic heterocycles. The molecule has 4 heteroatoms. The summed E-state index contributed by atoms with van der Waals surface area (Å²) in [6.07, 6.45) is 0. The first-order valence-electron chi connectivity index (χ1n) is 2.99. The van der Waals surface area contributed by atoms with E-state index < -0.39 is 5.54 Å². The van der Waals surface area contributed by atoms with E-state index in [1.807, 2.05) is 0 Å². The number of nitrogens with one attached hydrogen (secondary N) is 1. The molecule has 0 saturated carbocycles. The molecule has 2 atom stereocenters. The van der Waals surface area contributed by atoms with Gasteiger partial charge >= 0.3 is 0 Å². The summed E-state index contributed by atoms with van der Waals surface area (Å²) in [7, 11) is 1.41. The third-order valence-electron chi connectivity index (χ3n) is 1.52. The summed E-state index contributed by atoms with van der Waals surface area (Å²) in [6.45, 7) is 3.39. The first kappa shape index (κ1) is 9.72. The van der Waals surface area contributed by atoms with Crippen LogP contribution in [0.3, 0.4) is 0 Å². The summed E-state index contributed by atoms with van der Waals surface area (Å²) < 4.78 is 4.65. The number of ether oxygens (including phenoxy) is 1. The average Bonchev–Trinajstić information content (AvgIpc) is 1.86. The van der Waals surface area contributed by atoms with E-state index in [9.17, 15) is 0 Å². The van der Waals surface area contributed by atoms with Crippen LogP contribution < -0.4 is 5.73 Å². The second-order valence-electron chi connectivity index (χ2n) is 2.43. The minimum Gasteiger partial charge on any atom is -0.483 e. The van der Waals surface area contributed by atoms with Gasteiger partial charge in [-0.05, 0) is 13.8 Å². The van der Waals surface area contributed by atoms with Crippen LogP contribution in [-0.4, -0.2) is 23.9 Å². The first-order valence-corrected chi connectivity index (χ1v) is 3.42. The predicted molar refractivity (Wildman–Crippen MR) is 42.6 cm³/mol. The number of halogens is 1. The summed E-state index contributed by atoms with van der Waals surface area (Å²) >= 11 is 5.70. The topological polar surface area (TPSA) is 59.1 Å². The highest BCUT2D eigenvalue weighted by atomic mass is 35.5. The molecular weight excluding hydrogens is 152 g/mol. The van der Waals surface area contributed by atoms with Crippen LogP contribution in [0, 0.1) is 5.41 Å². The molecule has 3 nitrogen and oxygen atoms in total. The summed E-state index contributed by atoms with van der Waals surface area (Å²) in [5, 5.41) is 6.93. The Bertz CT molecular complexity index is 134. The summed E-state index contributed by atoms with van der Waals surface area (Å²) in [6, 6.07) is 0. The molecule has 0 saturated heterocycles. The van der Waals surface area contributed by atoms with Crippen molar-refractivity contribution in [1.82, 2.24) is 0 Å². The summed E-state index contributed by atoms with van der Waals surface area (Å²) in [4.78, 5) is 0. The molecule has 60 valence electrons. The van der Waals surface area contributed by atoms with Crippen molar-refractivity contribution in [2.45, 2.75) is 24.8 Å². The Balaban J connectivity index is 4.24. The highest BCUT2D eigenvalue weighted by Crippen LogP contribution is 2.13. The van der Waals surface area contributed by atoms with Crippen LogP contribution in [0.4, 0.5) is 0 Å². The van der Waals surface area contributed by atoms with Gasteiger partial charge in [0, 0.05) is 0 Å². The number of hydrogen-bond acceptors (Lipinski definition) is 3. The number of nitrogens with two attached hydrogens (primary N) is 1. The van der Waals surface area contributed by atoms with Crippen molar-refractivity contribution in [2.24, 2.45) is 5.73 Å². The standard InChI is InChI=1S/C6H13ClN2O/c1-4(7)6(2,9)5(8)10-3/h4,8H,9H2,1-3H3. The highest BCUT2D eigenvalue weighted by Gasteiger charge is 2.31. The van der Waals surface area contributed by atoms with Crippen molar-refractivity contribution in [3.05, 3.63) is 0 Å². The number of methoxy groups -OCH3 is 1. The van der Waals surface area contributed by atoms with Crippen LogP contribution >= 0.6 is 11.6 Å². The maximum Gasteiger partial charge on any atom is 0.202 e. The minimum absolute atomic E-state index is 0.00926. The van der Waals surface area contributed by atoms with E-state index in [-0.39, 0.29) is 11.3 Å². The van der Waals surface area contributed by atoms with Gasteiger partial charge in [-0.3, -0.25) is 5.41 Å². The molecule has 2 unspecified atom stereocenters. The maximum absolute atomic E-state index is 7.24. The third kappa shape index (κ3) is 1.85. The number of alkyl halides is 1. The van der Waals surface area contributed by atoms with Gasteiger partial charge in [-0.15, -0.1) is 11.6 Å². The second-order valence-corrected chi connectivity index (χ2v) is 3.09. The Labute approximate surface area is 66.0 Å². The van der Waals surface area contributed by atoms with Crippen molar-refractivity contribution in [2.75, 3.05) is 7.11 Å². The molecule has 0 heterocycles. The molecule has 0 fully saturated rings. The SMILES string of the molecule is COC(=N)C(C)(N)C(C)Cl. The van der Waals surface area contributed by atoms with Gasteiger partial charge in [0.1, 0.15) is 5.54 Å². The van der Waals surface area contributed by atoms with Crippen LogP contribution in [-0.2, 0) is 4.74 Å². The summed E-state index contributed by atoms with van der Waals surface area (Å²) in [5.41, 5.74) is 4.77. The fourth-order valence-corrected chi connectivity index (χ4v) is 0.500. The van der Waals surface area contributed by atoms with E-state index in [1.54, 1.807) is 13.8 Å². The second kappa shape index (κ2) is 3.21. The van der Waals surface area contributed by atoms with Gasteiger partial charge < -0.3 is 10.5 Å². The Morgan fingerprint density at radius 2 is 2.20 bits per heavy atom. The van der Waals surface area contributed by atoms with Crippen LogP contribution in [0.1, 0.15) is 13.8 Å². The predicted octanol–water partition coefficient (Wildman–Crippen LogP) is 0.955. The van der Waals surface area contributed by atoms with Gasteiger partial charge in [-0.2, -0.15) is 0 Å². The molecule has 0 aromatic heterocycles. The lowest BCUT2D eigenvalue weighted by Crippen LogP contribution is -2.51. The van der Waals surface area contributed by atoms with Gasteiger partial charge in [0.25, 0.3) is 0 Å². The zero-order valence-electron chi connectivity index (χ0n) is 6.44. The molecule has 10 heavy (non-hydrogen) atoms. The minimum atomic E-state index is -0.865. The third-order valence-corrected chi connectivity index (χ3v) is 1.97. The molecule has 0 aromatic carbocycles. The molecule has 0 aliphatic carbocycles. The van der Waals surface area contributed by atoms with Gasteiger partial charge in [0.2, 0.25) is 5.90 Å². The molecule has 0 bridgehead atoms. The van der Waals surface area contributed by atoms with Crippen LogP contribution in [0.25, 0.3) is 0 Å². The van der Waals surface area contributed by atoms with E-state index in [2.05, 4.69) is 4.74 Å². The normalized spacial score (nSPS) is 19.3. The monoisotopic (exact) mass is 164 g/mol. The quantitative estimate of drug-likeness (QED) is 0.363. The lowest BCUT2D eigenvalue weighted by molar-refractivity contribution is 0.347. The number of rotatable bonds is 2. The molecule has 0 aromatic rings. The van der Waals surface area contributed by atoms with Gasteiger partial charge in [0.15, 0.2) is 0 Å². The summed E-state index contributed by atoms with van der Waals surface area (Å²) in [5.74, 6) is 0.00926. The molecule has 0 rings (SSSR count). The lowest BCUT2D eigenvalue weighted by atomic mass is 10.0. The van der Waals surface area contributed by atoms with E-state index in [0.29, 0.717) is 0 Å². The largest absolute Gasteiger partial charge is 0.483 e. The Hall–Kier alpha value is -0.280. The van der Waals surface area contributed by atoms with Crippen LogP contribution in [0.15, 0.2) is 0 Å². The fraction of sp³-hybridized carbons (Fsp3) is 0.833. The Morgan fingerprint density at radius 1 is 1.80 bits per heavy atom.